The largest absolute Gasteiger partial charge is 0.480 e. The van der Waals surface area contributed by atoms with E-state index in [0.29, 0.717) is 5.56 Å². The molecular formula is C15H12ClF3N2O4. The third-order valence-corrected chi connectivity index (χ3v) is 3.59. The minimum absolute atomic E-state index is 0.0109. The number of aliphatic carboxylic acids is 1. The fourth-order valence-electron chi connectivity index (χ4n) is 2.14. The topological polar surface area (TPSA) is 92.4 Å². The maximum Gasteiger partial charge on any atom is 0.391 e. The summed E-state index contributed by atoms with van der Waals surface area (Å²) < 4.78 is 42.3. The third-order valence-electron chi connectivity index (χ3n) is 3.26. The number of nitrogens with one attached hydrogen (secondary N) is 1. The lowest BCUT2D eigenvalue weighted by Crippen LogP contribution is -2.43. The molecule has 0 saturated heterocycles. The van der Waals surface area contributed by atoms with Crippen molar-refractivity contribution < 1.29 is 32.4 Å². The van der Waals surface area contributed by atoms with Gasteiger partial charge in [0.2, 0.25) is 0 Å². The van der Waals surface area contributed by atoms with Crippen LogP contribution in [0.1, 0.15) is 22.5 Å². The first-order chi connectivity index (χ1) is 11.6. The lowest BCUT2D eigenvalue weighted by molar-refractivity contribution is -0.157. The minimum Gasteiger partial charge on any atom is -0.480 e. The van der Waals surface area contributed by atoms with Crippen LogP contribution in [0.3, 0.4) is 0 Å². The van der Waals surface area contributed by atoms with Gasteiger partial charge in [-0.25, -0.2) is 4.79 Å². The standard InChI is InChI=1S/C15H12ClF3N2O4/c1-7-11(12(21-25-7)8-4-2-3-5-9(8)16)13(22)20-10(14(23)24)6-15(17,18)19/h2-5,10H,6H2,1H3,(H,20,22)(H,23,24). The summed E-state index contributed by atoms with van der Waals surface area (Å²) in [6.07, 6.45) is -6.47. The second kappa shape index (κ2) is 7.14. The number of hydrogen-bond donors (Lipinski definition) is 2. The fourth-order valence-corrected chi connectivity index (χ4v) is 2.36. The molecule has 6 nitrogen and oxygen atoms in total. The van der Waals surface area contributed by atoms with Gasteiger partial charge >= 0.3 is 12.1 Å². The molecule has 1 atom stereocenters. The molecule has 0 aliphatic rings. The molecule has 0 saturated carbocycles. The van der Waals surface area contributed by atoms with E-state index in [0.717, 1.165) is 0 Å². The van der Waals surface area contributed by atoms with Gasteiger partial charge in [-0.15, -0.1) is 0 Å². The Labute approximate surface area is 144 Å². The number of carbonyl (C=O) groups is 2. The van der Waals surface area contributed by atoms with Gasteiger partial charge < -0.3 is 14.9 Å². The van der Waals surface area contributed by atoms with E-state index in [1.165, 1.54) is 13.0 Å². The number of carbonyl (C=O) groups excluding carboxylic acids is 1. The molecule has 134 valence electrons. The van der Waals surface area contributed by atoms with Crippen molar-refractivity contribution in [3.8, 4) is 11.3 Å². The van der Waals surface area contributed by atoms with Crippen LogP contribution in [0.5, 0.6) is 0 Å². The molecule has 1 heterocycles. The van der Waals surface area contributed by atoms with E-state index in [4.69, 9.17) is 21.2 Å². The molecule has 0 bridgehead atoms. The second-order valence-electron chi connectivity index (χ2n) is 5.13. The molecule has 1 amide bonds. The number of aryl methyl sites for hydroxylation is 1. The number of carboxylic acids is 1. The Morgan fingerprint density at radius 1 is 1.36 bits per heavy atom. The Morgan fingerprint density at radius 3 is 2.56 bits per heavy atom. The molecule has 1 aromatic carbocycles. The van der Waals surface area contributed by atoms with Crippen LogP contribution in [0, 0.1) is 6.92 Å². The Kier molecular flexibility index (Phi) is 5.36. The zero-order chi connectivity index (χ0) is 18.8. The second-order valence-corrected chi connectivity index (χ2v) is 5.53. The lowest BCUT2D eigenvalue weighted by atomic mass is 10.0. The Morgan fingerprint density at radius 2 is 2.00 bits per heavy atom. The van der Waals surface area contributed by atoms with E-state index in [-0.39, 0.29) is 22.0 Å². The third kappa shape index (κ3) is 4.50. The summed E-state index contributed by atoms with van der Waals surface area (Å²) in [6.45, 7) is 1.38. The van der Waals surface area contributed by atoms with Crippen molar-refractivity contribution in [1.29, 1.82) is 0 Å². The Balaban J connectivity index is 2.35. The van der Waals surface area contributed by atoms with E-state index >= 15 is 0 Å². The van der Waals surface area contributed by atoms with Gasteiger partial charge in [0.05, 0.1) is 11.4 Å². The number of benzene rings is 1. The Bertz CT molecular complexity index is 804. The van der Waals surface area contributed by atoms with Crippen molar-refractivity contribution in [3.05, 3.63) is 40.6 Å². The number of rotatable bonds is 5. The van der Waals surface area contributed by atoms with Gasteiger partial charge in [0, 0.05) is 5.56 Å². The Hall–Kier alpha value is -2.55. The van der Waals surface area contributed by atoms with Crippen LogP contribution >= 0.6 is 11.6 Å². The zero-order valence-electron chi connectivity index (χ0n) is 12.7. The smallest absolute Gasteiger partial charge is 0.391 e. The van der Waals surface area contributed by atoms with Crippen molar-refractivity contribution in [1.82, 2.24) is 10.5 Å². The van der Waals surface area contributed by atoms with E-state index in [9.17, 15) is 22.8 Å². The van der Waals surface area contributed by atoms with Crippen LogP contribution in [-0.2, 0) is 4.79 Å². The monoisotopic (exact) mass is 376 g/mol. The SMILES string of the molecule is Cc1onc(-c2ccccc2Cl)c1C(=O)NC(CC(F)(F)F)C(=O)O. The summed E-state index contributed by atoms with van der Waals surface area (Å²) in [5.41, 5.74) is 0.159. The molecule has 0 aliphatic carbocycles. The normalized spacial score (nSPS) is 12.7. The molecule has 2 rings (SSSR count). The van der Waals surface area contributed by atoms with E-state index in [1.807, 2.05) is 5.32 Å². The van der Waals surface area contributed by atoms with E-state index in [2.05, 4.69) is 5.16 Å². The maximum absolute atomic E-state index is 12.5. The van der Waals surface area contributed by atoms with Gasteiger partial charge in [-0.1, -0.05) is 35.0 Å². The molecule has 0 radical (unpaired) electrons. The predicted molar refractivity (Wildman–Crippen MR) is 81.2 cm³/mol. The number of alkyl halides is 3. The molecule has 0 spiro atoms. The van der Waals surface area contributed by atoms with Crippen molar-refractivity contribution in [2.24, 2.45) is 0 Å². The first-order valence-electron chi connectivity index (χ1n) is 6.91. The zero-order valence-corrected chi connectivity index (χ0v) is 13.5. The van der Waals surface area contributed by atoms with Crippen molar-refractivity contribution in [2.45, 2.75) is 25.6 Å². The predicted octanol–water partition coefficient (Wildman–Crippen LogP) is 3.44. The van der Waals surface area contributed by atoms with Gasteiger partial charge in [0.1, 0.15) is 23.1 Å². The molecule has 25 heavy (non-hydrogen) atoms. The molecular weight excluding hydrogens is 365 g/mol. The van der Waals surface area contributed by atoms with Gasteiger partial charge in [0.25, 0.3) is 5.91 Å². The van der Waals surface area contributed by atoms with E-state index < -0.39 is 30.5 Å². The van der Waals surface area contributed by atoms with Gasteiger partial charge in [-0.05, 0) is 13.0 Å². The lowest BCUT2D eigenvalue weighted by Gasteiger charge is -2.16. The number of amides is 1. The quantitative estimate of drug-likeness (QED) is 0.834. The fraction of sp³-hybridized carbons (Fsp3) is 0.267. The summed E-state index contributed by atoms with van der Waals surface area (Å²) >= 11 is 6.03. The number of aromatic nitrogens is 1. The number of carboxylic acid groups (broad SMARTS) is 1. The first kappa shape index (κ1) is 18.8. The highest BCUT2D eigenvalue weighted by molar-refractivity contribution is 6.33. The summed E-state index contributed by atoms with van der Waals surface area (Å²) in [5, 5.41) is 14.7. The average Bonchev–Trinajstić information content (AvgIpc) is 2.87. The molecule has 0 aliphatic heterocycles. The van der Waals surface area contributed by atoms with Crippen LogP contribution in [-0.4, -0.2) is 34.4 Å². The molecule has 1 aromatic heterocycles. The van der Waals surface area contributed by atoms with Crippen LogP contribution < -0.4 is 5.32 Å². The van der Waals surface area contributed by atoms with E-state index in [1.54, 1.807) is 18.2 Å². The highest BCUT2D eigenvalue weighted by atomic mass is 35.5. The summed E-state index contributed by atoms with van der Waals surface area (Å²) in [7, 11) is 0. The summed E-state index contributed by atoms with van der Waals surface area (Å²) in [6, 6.07) is 4.20. The van der Waals surface area contributed by atoms with Crippen LogP contribution in [0.4, 0.5) is 13.2 Å². The number of halogens is 4. The minimum atomic E-state index is -4.76. The van der Waals surface area contributed by atoms with Crippen LogP contribution in [0.2, 0.25) is 5.02 Å². The van der Waals surface area contributed by atoms with Crippen molar-refractivity contribution in [2.75, 3.05) is 0 Å². The van der Waals surface area contributed by atoms with Crippen molar-refractivity contribution in [3.63, 3.8) is 0 Å². The highest BCUT2D eigenvalue weighted by Gasteiger charge is 2.37. The molecule has 10 heteroatoms. The first-order valence-corrected chi connectivity index (χ1v) is 7.29. The molecule has 0 fully saturated rings. The van der Waals surface area contributed by atoms with Gasteiger partial charge in [-0.3, -0.25) is 4.79 Å². The number of hydrogen-bond acceptors (Lipinski definition) is 4. The van der Waals surface area contributed by atoms with Gasteiger partial charge in [-0.2, -0.15) is 13.2 Å². The number of nitrogens with zero attached hydrogens (tertiary/aromatic N) is 1. The van der Waals surface area contributed by atoms with Crippen LogP contribution in [0.25, 0.3) is 11.3 Å². The summed E-state index contributed by atoms with van der Waals surface area (Å²) in [5.74, 6) is -2.84. The van der Waals surface area contributed by atoms with Gasteiger partial charge in [0.15, 0.2) is 0 Å². The van der Waals surface area contributed by atoms with Crippen LogP contribution in [0.15, 0.2) is 28.8 Å². The molecule has 1 unspecified atom stereocenters. The maximum atomic E-state index is 12.5. The highest BCUT2D eigenvalue weighted by Crippen LogP contribution is 2.31. The van der Waals surface area contributed by atoms with Crippen molar-refractivity contribution >= 4 is 23.5 Å². The average molecular weight is 377 g/mol. The molecule has 2 N–H and O–H groups in total. The molecule has 2 aromatic rings. The summed E-state index contributed by atoms with van der Waals surface area (Å²) in [4.78, 5) is 23.3.